The normalized spacial score (nSPS) is 10.8. The number of hydrogen-bond donors (Lipinski definition) is 1. The Hall–Kier alpha value is -3.08. The number of benzene rings is 3. The molecule has 168 valence electrons. The van der Waals surface area contributed by atoms with Gasteiger partial charge in [0, 0.05) is 35.7 Å². The Morgan fingerprint density at radius 3 is 2.30 bits per heavy atom. The molecule has 1 aromatic heterocycles. The van der Waals surface area contributed by atoms with E-state index >= 15 is 0 Å². The maximum atomic E-state index is 6.42. The topological polar surface area (TPSA) is 20.2 Å². The summed E-state index contributed by atoms with van der Waals surface area (Å²) in [5.41, 5.74) is 6.93. The highest BCUT2D eigenvalue weighted by molar-refractivity contribution is 7.80. The highest BCUT2D eigenvalue weighted by atomic mass is 35.5. The molecule has 4 aromatic rings. The molecule has 33 heavy (non-hydrogen) atoms. The summed E-state index contributed by atoms with van der Waals surface area (Å²) < 4.78 is 2.23. The van der Waals surface area contributed by atoms with Crippen molar-refractivity contribution in [3.05, 3.63) is 124 Å². The number of aromatic nitrogens is 1. The number of thiocarbonyl (C=S) groups is 1. The van der Waals surface area contributed by atoms with Crippen molar-refractivity contribution < 1.29 is 0 Å². The maximum Gasteiger partial charge on any atom is 0.174 e. The van der Waals surface area contributed by atoms with E-state index < -0.39 is 0 Å². The Bertz CT molecular complexity index is 1210. The summed E-state index contributed by atoms with van der Waals surface area (Å²) in [6.45, 7) is 6.32. The van der Waals surface area contributed by atoms with E-state index in [9.17, 15) is 0 Å². The summed E-state index contributed by atoms with van der Waals surface area (Å²) in [6.07, 6.45) is 2.10. The quantitative estimate of drug-likeness (QED) is 0.286. The Labute approximate surface area is 206 Å². The van der Waals surface area contributed by atoms with Gasteiger partial charge in [0.05, 0.1) is 6.54 Å². The number of hydrogen-bond acceptors (Lipinski definition) is 1. The summed E-state index contributed by atoms with van der Waals surface area (Å²) >= 11 is 12.3. The van der Waals surface area contributed by atoms with Gasteiger partial charge in [0.25, 0.3) is 0 Å². The maximum absolute atomic E-state index is 6.42. The van der Waals surface area contributed by atoms with Crippen LogP contribution in [0.5, 0.6) is 0 Å². The van der Waals surface area contributed by atoms with Crippen LogP contribution < -0.4 is 5.32 Å². The zero-order valence-electron chi connectivity index (χ0n) is 19.0. The molecule has 5 heteroatoms. The third-order valence-electron chi connectivity index (χ3n) is 5.55. The van der Waals surface area contributed by atoms with E-state index in [0.717, 1.165) is 29.4 Å². The molecule has 0 saturated heterocycles. The molecule has 3 aromatic carbocycles. The van der Waals surface area contributed by atoms with E-state index in [-0.39, 0.29) is 0 Å². The van der Waals surface area contributed by atoms with Gasteiger partial charge in [0.2, 0.25) is 0 Å². The Balaban J connectivity index is 1.57. The van der Waals surface area contributed by atoms with Gasteiger partial charge < -0.3 is 14.8 Å². The van der Waals surface area contributed by atoms with Crippen molar-refractivity contribution in [1.82, 2.24) is 9.47 Å². The lowest BCUT2D eigenvalue weighted by molar-refractivity contribution is 0.399. The number of nitrogens with zero attached hydrogens (tertiary/aromatic N) is 2. The smallest absolute Gasteiger partial charge is 0.174 e. The second-order valence-corrected chi connectivity index (χ2v) is 9.16. The van der Waals surface area contributed by atoms with Crippen LogP contribution in [0.3, 0.4) is 0 Å². The fraction of sp³-hybridized carbons (Fsp3) is 0.179. The number of aryl methyl sites for hydroxylation is 2. The number of halogens is 1. The molecule has 0 bridgehead atoms. The molecule has 0 aliphatic carbocycles. The van der Waals surface area contributed by atoms with E-state index in [1.54, 1.807) is 0 Å². The molecule has 0 saturated carbocycles. The summed E-state index contributed by atoms with van der Waals surface area (Å²) in [6, 6.07) is 29.1. The summed E-state index contributed by atoms with van der Waals surface area (Å²) in [5.74, 6) is 0. The van der Waals surface area contributed by atoms with Crippen LogP contribution in [0.2, 0.25) is 5.02 Å². The second-order valence-electron chi connectivity index (χ2n) is 8.37. The molecule has 0 fully saturated rings. The second kappa shape index (κ2) is 10.7. The van der Waals surface area contributed by atoms with Crippen LogP contribution in [0.25, 0.3) is 0 Å². The first-order valence-corrected chi connectivity index (χ1v) is 11.8. The van der Waals surface area contributed by atoms with Crippen molar-refractivity contribution >= 4 is 34.6 Å². The van der Waals surface area contributed by atoms with Gasteiger partial charge in [-0.1, -0.05) is 66.2 Å². The van der Waals surface area contributed by atoms with E-state index in [4.69, 9.17) is 23.8 Å². The number of anilines is 1. The van der Waals surface area contributed by atoms with Crippen molar-refractivity contribution in [3.8, 4) is 0 Å². The first kappa shape index (κ1) is 23.1. The van der Waals surface area contributed by atoms with Crippen LogP contribution in [0.4, 0.5) is 5.69 Å². The van der Waals surface area contributed by atoms with Crippen molar-refractivity contribution in [2.75, 3.05) is 5.32 Å². The van der Waals surface area contributed by atoms with Gasteiger partial charge in [-0.15, -0.1) is 0 Å². The number of nitrogens with one attached hydrogen (secondary N) is 1. The molecule has 0 atom stereocenters. The van der Waals surface area contributed by atoms with Gasteiger partial charge in [-0.3, -0.25) is 0 Å². The fourth-order valence-electron chi connectivity index (χ4n) is 4.01. The number of rotatable bonds is 7. The van der Waals surface area contributed by atoms with E-state index in [1.165, 1.54) is 22.4 Å². The average molecular weight is 474 g/mol. The highest BCUT2D eigenvalue weighted by Crippen LogP contribution is 2.20. The fourth-order valence-corrected chi connectivity index (χ4v) is 4.45. The van der Waals surface area contributed by atoms with Gasteiger partial charge in [0.1, 0.15) is 0 Å². The summed E-state index contributed by atoms with van der Waals surface area (Å²) in [4.78, 5) is 2.21. The van der Waals surface area contributed by atoms with Crippen molar-refractivity contribution in [3.63, 3.8) is 0 Å². The SMILES string of the molecule is Cc1cc(C)cc(NC(=S)N(Cc2ccccc2)Cc2cccn2Cc2ccccc2Cl)c1. The highest BCUT2D eigenvalue weighted by Gasteiger charge is 2.15. The lowest BCUT2D eigenvalue weighted by Gasteiger charge is -2.27. The summed E-state index contributed by atoms with van der Waals surface area (Å²) in [7, 11) is 0. The molecule has 0 radical (unpaired) electrons. The standard InChI is InChI=1S/C28H28ClN3S/c1-21-15-22(2)17-25(16-21)30-28(33)32(18-23-9-4-3-5-10-23)20-26-12-8-14-31(26)19-24-11-6-7-13-27(24)29/h3-17H,18-20H2,1-2H3,(H,30,33). The average Bonchev–Trinajstić information content (AvgIpc) is 3.21. The zero-order valence-corrected chi connectivity index (χ0v) is 20.5. The molecular formula is C28H28ClN3S. The molecular weight excluding hydrogens is 446 g/mol. The Morgan fingerprint density at radius 1 is 0.879 bits per heavy atom. The van der Waals surface area contributed by atoms with Gasteiger partial charge in [-0.05, 0) is 78.7 Å². The van der Waals surface area contributed by atoms with Crippen LogP contribution in [-0.4, -0.2) is 14.6 Å². The molecule has 1 N–H and O–H groups in total. The minimum atomic E-state index is 0.684. The van der Waals surface area contributed by atoms with Crippen molar-refractivity contribution in [1.29, 1.82) is 0 Å². The minimum Gasteiger partial charge on any atom is -0.345 e. The predicted molar refractivity (Wildman–Crippen MR) is 143 cm³/mol. The first-order valence-electron chi connectivity index (χ1n) is 11.0. The molecule has 1 heterocycles. The first-order chi connectivity index (χ1) is 16.0. The van der Waals surface area contributed by atoms with Crippen molar-refractivity contribution in [2.24, 2.45) is 0 Å². The van der Waals surface area contributed by atoms with Gasteiger partial charge in [0.15, 0.2) is 5.11 Å². The van der Waals surface area contributed by atoms with Crippen LogP contribution in [0.1, 0.15) is 27.9 Å². The summed E-state index contributed by atoms with van der Waals surface area (Å²) in [5, 5.41) is 4.95. The van der Waals surface area contributed by atoms with Gasteiger partial charge >= 0.3 is 0 Å². The van der Waals surface area contributed by atoms with E-state index in [1.807, 2.05) is 24.3 Å². The molecule has 0 aliphatic heterocycles. The lowest BCUT2D eigenvalue weighted by Crippen LogP contribution is -2.34. The molecule has 0 unspecified atom stereocenters. The van der Waals surface area contributed by atoms with Crippen LogP contribution in [0.15, 0.2) is 91.1 Å². The lowest BCUT2D eigenvalue weighted by atomic mass is 10.1. The predicted octanol–water partition coefficient (Wildman–Crippen LogP) is 7.21. The van der Waals surface area contributed by atoms with Crippen LogP contribution in [0, 0.1) is 13.8 Å². The molecule has 0 spiro atoms. The minimum absolute atomic E-state index is 0.684. The Kier molecular flexibility index (Phi) is 7.48. The zero-order chi connectivity index (χ0) is 23.2. The van der Waals surface area contributed by atoms with Gasteiger partial charge in [-0.2, -0.15) is 0 Å². The van der Waals surface area contributed by atoms with E-state index in [0.29, 0.717) is 11.7 Å². The largest absolute Gasteiger partial charge is 0.345 e. The van der Waals surface area contributed by atoms with E-state index in [2.05, 4.69) is 95.5 Å². The molecule has 4 rings (SSSR count). The Morgan fingerprint density at radius 2 is 1.58 bits per heavy atom. The molecule has 3 nitrogen and oxygen atoms in total. The third-order valence-corrected chi connectivity index (χ3v) is 6.28. The monoisotopic (exact) mass is 473 g/mol. The molecule has 0 aliphatic rings. The van der Waals surface area contributed by atoms with Crippen LogP contribution in [-0.2, 0) is 19.6 Å². The van der Waals surface area contributed by atoms with Gasteiger partial charge in [-0.25, -0.2) is 0 Å². The van der Waals surface area contributed by atoms with Crippen molar-refractivity contribution in [2.45, 2.75) is 33.5 Å². The van der Waals surface area contributed by atoms with Crippen LogP contribution >= 0.6 is 23.8 Å². The molecule has 0 amide bonds. The third kappa shape index (κ3) is 6.25.